The molecule has 24 heavy (non-hydrogen) atoms. The topological polar surface area (TPSA) is 77.2 Å². The number of hydrogen-bond donors (Lipinski definition) is 0. The number of aromatic nitrogens is 4. The van der Waals surface area contributed by atoms with Gasteiger partial charge in [0.1, 0.15) is 6.33 Å². The molecule has 0 saturated heterocycles. The molecule has 0 N–H and O–H groups in total. The van der Waals surface area contributed by atoms with Gasteiger partial charge >= 0.3 is 0 Å². The molecule has 0 amide bonds. The number of fused-ring (bicyclic) bond motifs is 4. The molecule has 5 rings (SSSR count). The summed E-state index contributed by atoms with van der Waals surface area (Å²) in [5, 5.41) is 6.10. The molecule has 7 heteroatoms. The van der Waals surface area contributed by atoms with Gasteiger partial charge in [-0.3, -0.25) is 9.59 Å². The molecule has 0 spiro atoms. The molecule has 1 aliphatic carbocycles. The molecule has 0 unspecified atom stereocenters. The van der Waals surface area contributed by atoms with Gasteiger partial charge in [-0.2, -0.15) is 14.6 Å². The molecular formula is C17H8N4O2S. The fourth-order valence-corrected chi connectivity index (χ4v) is 3.78. The van der Waals surface area contributed by atoms with E-state index < -0.39 is 11.6 Å². The van der Waals surface area contributed by atoms with Gasteiger partial charge in [-0.15, -0.1) is 11.3 Å². The van der Waals surface area contributed by atoms with Crippen LogP contribution in [0.5, 0.6) is 0 Å². The number of Topliss-reactive ketones (excluding diaryl/α,β-unsaturated/α-hetero) is 2. The Morgan fingerprint density at radius 3 is 2.58 bits per heavy atom. The first-order chi connectivity index (χ1) is 11.8. The molecule has 3 heterocycles. The molecule has 0 fully saturated rings. The third-order valence-corrected chi connectivity index (χ3v) is 4.92. The SMILES string of the molecule is O=C1C(=O)c2c(nc3ncnn3c2-c2cccs2)-c2ccccc21. The smallest absolute Gasteiger partial charge is 0.253 e. The van der Waals surface area contributed by atoms with Crippen LogP contribution in [0.1, 0.15) is 20.7 Å². The summed E-state index contributed by atoms with van der Waals surface area (Å²) in [4.78, 5) is 34.9. The van der Waals surface area contributed by atoms with E-state index in [9.17, 15) is 9.59 Å². The normalized spacial score (nSPS) is 13.2. The fourth-order valence-electron chi connectivity index (χ4n) is 3.02. The van der Waals surface area contributed by atoms with E-state index in [1.807, 2.05) is 23.6 Å². The predicted octanol–water partition coefficient (Wildman–Crippen LogP) is 2.90. The Morgan fingerprint density at radius 1 is 0.958 bits per heavy atom. The third kappa shape index (κ3) is 1.61. The van der Waals surface area contributed by atoms with Crippen molar-refractivity contribution in [2.24, 2.45) is 0 Å². The van der Waals surface area contributed by atoms with Crippen molar-refractivity contribution in [3.8, 4) is 21.8 Å². The second kappa shape index (κ2) is 4.65. The highest BCUT2D eigenvalue weighted by Gasteiger charge is 2.35. The summed E-state index contributed by atoms with van der Waals surface area (Å²) >= 11 is 1.47. The number of benzene rings is 1. The average molecular weight is 332 g/mol. The molecule has 1 aliphatic rings. The second-order valence-electron chi connectivity index (χ2n) is 5.34. The zero-order valence-electron chi connectivity index (χ0n) is 12.1. The Morgan fingerprint density at radius 2 is 1.79 bits per heavy atom. The van der Waals surface area contributed by atoms with E-state index in [1.165, 1.54) is 22.2 Å². The van der Waals surface area contributed by atoms with E-state index in [-0.39, 0.29) is 0 Å². The maximum atomic E-state index is 12.8. The third-order valence-electron chi connectivity index (χ3n) is 4.04. The van der Waals surface area contributed by atoms with Gasteiger partial charge in [-0.05, 0) is 11.4 Å². The summed E-state index contributed by atoms with van der Waals surface area (Å²) < 4.78 is 1.52. The van der Waals surface area contributed by atoms with Crippen LogP contribution in [0.4, 0.5) is 0 Å². The van der Waals surface area contributed by atoms with Crippen molar-refractivity contribution in [3.05, 3.63) is 59.2 Å². The van der Waals surface area contributed by atoms with E-state index >= 15 is 0 Å². The van der Waals surface area contributed by atoms with E-state index in [0.29, 0.717) is 33.9 Å². The van der Waals surface area contributed by atoms with Crippen LogP contribution in [0.15, 0.2) is 48.1 Å². The van der Waals surface area contributed by atoms with Crippen LogP contribution in [0.3, 0.4) is 0 Å². The van der Waals surface area contributed by atoms with Gasteiger partial charge in [-0.25, -0.2) is 4.98 Å². The van der Waals surface area contributed by atoms with Crippen molar-refractivity contribution in [2.75, 3.05) is 0 Å². The Labute approximate surface area is 139 Å². The molecule has 3 aromatic heterocycles. The highest BCUT2D eigenvalue weighted by Crippen LogP contribution is 2.38. The van der Waals surface area contributed by atoms with Gasteiger partial charge in [0, 0.05) is 11.1 Å². The van der Waals surface area contributed by atoms with Crippen molar-refractivity contribution in [2.45, 2.75) is 0 Å². The zero-order valence-corrected chi connectivity index (χ0v) is 12.9. The van der Waals surface area contributed by atoms with Crippen LogP contribution in [0.2, 0.25) is 0 Å². The first kappa shape index (κ1) is 13.3. The minimum Gasteiger partial charge on any atom is -0.285 e. The summed E-state index contributed by atoms with van der Waals surface area (Å²) in [7, 11) is 0. The van der Waals surface area contributed by atoms with E-state index in [4.69, 9.17) is 0 Å². The van der Waals surface area contributed by atoms with Crippen molar-refractivity contribution in [3.63, 3.8) is 0 Å². The quantitative estimate of drug-likeness (QED) is 0.501. The molecule has 6 nitrogen and oxygen atoms in total. The maximum absolute atomic E-state index is 12.8. The first-order valence-electron chi connectivity index (χ1n) is 7.22. The Bertz CT molecular complexity index is 1140. The standard InChI is InChI=1S/C17H8N4O2S/c22-15-10-5-2-1-4-9(10)13-12(16(15)23)14(11-6-3-7-24-11)21-17(20-13)18-8-19-21/h1-8H. The zero-order chi connectivity index (χ0) is 16.3. The van der Waals surface area contributed by atoms with Gasteiger partial charge in [-0.1, -0.05) is 30.3 Å². The molecule has 0 bridgehead atoms. The van der Waals surface area contributed by atoms with E-state index in [2.05, 4.69) is 15.1 Å². The van der Waals surface area contributed by atoms with Crippen molar-refractivity contribution in [1.82, 2.24) is 19.6 Å². The van der Waals surface area contributed by atoms with Gasteiger partial charge < -0.3 is 0 Å². The summed E-state index contributed by atoms with van der Waals surface area (Å²) in [6.07, 6.45) is 1.39. The summed E-state index contributed by atoms with van der Waals surface area (Å²) in [6, 6.07) is 10.8. The molecular weight excluding hydrogens is 324 g/mol. The van der Waals surface area contributed by atoms with Crippen LogP contribution < -0.4 is 0 Å². The van der Waals surface area contributed by atoms with Crippen LogP contribution >= 0.6 is 11.3 Å². The molecule has 0 aliphatic heterocycles. The monoisotopic (exact) mass is 332 g/mol. The number of carbonyl (C=O) groups excluding carboxylic acids is 2. The lowest BCUT2D eigenvalue weighted by Crippen LogP contribution is -2.24. The van der Waals surface area contributed by atoms with Gasteiger partial charge in [0.2, 0.25) is 11.6 Å². The average Bonchev–Trinajstić information content (AvgIpc) is 3.29. The number of carbonyl (C=O) groups is 2. The molecule has 0 saturated carbocycles. The maximum Gasteiger partial charge on any atom is 0.253 e. The van der Waals surface area contributed by atoms with Crippen molar-refractivity contribution < 1.29 is 9.59 Å². The van der Waals surface area contributed by atoms with Crippen LogP contribution in [0, 0.1) is 0 Å². The molecule has 1 aromatic carbocycles. The molecule has 4 aromatic rings. The molecule has 0 radical (unpaired) electrons. The van der Waals surface area contributed by atoms with E-state index in [1.54, 1.807) is 18.2 Å². The van der Waals surface area contributed by atoms with Crippen molar-refractivity contribution in [1.29, 1.82) is 0 Å². The molecule has 0 atom stereocenters. The Kier molecular flexibility index (Phi) is 2.57. The second-order valence-corrected chi connectivity index (χ2v) is 6.28. The highest BCUT2D eigenvalue weighted by molar-refractivity contribution is 7.13. The van der Waals surface area contributed by atoms with Crippen LogP contribution in [-0.4, -0.2) is 31.1 Å². The summed E-state index contributed by atoms with van der Waals surface area (Å²) in [6.45, 7) is 0. The van der Waals surface area contributed by atoms with Crippen molar-refractivity contribution >= 4 is 28.7 Å². The number of thiophene rings is 1. The number of rotatable bonds is 1. The first-order valence-corrected chi connectivity index (χ1v) is 8.09. The van der Waals surface area contributed by atoms with E-state index in [0.717, 1.165) is 4.88 Å². The number of ketones is 2. The minimum absolute atomic E-state index is 0.291. The van der Waals surface area contributed by atoms with Gasteiger partial charge in [0.15, 0.2) is 0 Å². The minimum atomic E-state index is -0.558. The lowest BCUT2D eigenvalue weighted by molar-refractivity contribution is 0.0815. The van der Waals surface area contributed by atoms with Crippen LogP contribution in [0.25, 0.3) is 27.6 Å². The number of nitrogens with zero attached hydrogens (tertiary/aromatic N) is 4. The van der Waals surface area contributed by atoms with Gasteiger partial charge in [0.25, 0.3) is 5.78 Å². The van der Waals surface area contributed by atoms with Gasteiger partial charge in [0.05, 0.1) is 21.8 Å². The largest absolute Gasteiger partial charge is 0.285 e. The predicted molar refractivity (Wildman–Crippen MR) is 88.2 cm³/mol. The number of hydrogen-bond acceptors (Lipinski definition) is 6. The Balaban J connectivity index is 2.00. The lowest BCUT2D eigenvalue weighted by atomic mass is 9.86. The summed E-state index contributed by atoms with van der Waals surface area (Å²) in [5.41, 5.74) is 2.37. The Hall–Kier alpha value is -3.19. The lowest BCUT2D eigenvalue weighted by Gasteiger charge is -2.19. The van der Waals surface area contributed by atoms with Crippen LogP contribution in [-0.2, 0) is 0 Å². The molecule has 114 valence electrons. The fraction of sp³-hybridized carbons (Fsp3) is 0. The summed E-state index contributed by atoms with van der Waals surface area (Å²) in [5.74, 6) is -0.678. The highest BCUT2D eigenvalue weighted by atomic mass is 32.1.